The molecule has 0 bridgehead atoms. The molecule has 2 fully saturated rings. The topological polar surface area (TPSA) is 293 Å². The van der Waals surface area contributed by atoms with Crippen molar-refractivity contribution >= 4 is 53.4 Å². The highest BCUT2D eigenvalue weighted by Crippen LogP contribution is 2.38. The van der Waals surface area contributed by atoms with Gasteiger partial charge in [0.25, 0.3) is 11.8 Å². The summed E-state index contributed by atoms with van der Waals surface area (Å²) >= 11 is 0. The van der Waals surface area contributed by atoms with Crippen molar-refractivity contribution in [1.29, 1.82) is 0 Å². The fourth-order valence-corrected chi connectivity index (χ4v) is 9.97. The first-order chi connectivity index (χ1) is 38.7. The van der Waals surface area contributed by atoms with E-state index < -0.39 is 83.6 Å². The number of benzene rings is 1. The number of amides is 7. The molecule has 0 saturated carbocycles. The Morgan fingerprint density at radius 3 is 2.18 bits per heavy atom. The van der Waals surface area contributed by atoms with Gasteiger partial charge in [0, 0.05) is 82.4 Å². The standard InChI is InChI=1S/C60H88N6O16/c1-11-45(68)40(6)54-46(80-54)35-59(8,77)27-15-16-38(4)53-39(5)18-23-47(60(9,78-10)28-26-44(67)34-51(72)82-53)81-58(76)65-32-30-64(31-33-65)57(75)79-36-42-19-21-43(22-20-42)62-55(73)41(7)61-56(74)52(37(2)3)63-48(69)17-13-12-14-29-66-49(70)24-25-50(66)71/h15-16,18-25,27,37,39-41,44-47,52-54,67-68,77H,11-14,17,26,28-36H2,1-10H3,(H,61,74)(H,62,73)(H,63,69)/b23-18-,27-15+,38-16+/t39-,40+,41-,44+,45-,46+,47-,52-,53+,54+,59-,60+/m0/s1. The summed E-state index contributed by atoms with van der Waals surface area (Å²) in [6.45, 7) is 16.8. The number of aliphatic hydroxyl groups excluding tert-OH is 2. The Bertz CT molecular complexity index is 2490. The molecule has 22 nitrogen and oxygen atoms in total. The van der Waals surface area contributed by atoms with E-state index in [1.165, 1.54) is 36.0 Å². The minimum absolute atomic E-state index is 0.0538. The number of imide groups is 1. The summed E-state index contributed by atoms with van der Waals surface area (Å²) in [5.74, 6) is -3.41. The first kappa shape index (κ1) is 66.3. The Labute approximate surface area is 482 Å². The normalized spacial score (nSPS) is 26.1. The van der Waals surface area contributed by atoms with Gasteiger partial charge in [-0.05, 0) is 95.1 Å². The van der Waals surface area contributed by atoms with Gasteiger partial charge in [-0.3, -0.25) is 33.7 Å². The fraction of sp³-hybridized carbons (Fsp3) is 0.633. The Balaban J connectivity index is 1.07. The number of epoxide rings is 1. The Morgan fingerprint density at radius 2 is 1.56 bits per heavy atom. The Morgan fingerprint density at radius 1 is 0.915 bits per heavy atom. The Hall–Kier alpha value is -6.46. The van der Waals surface area contributed by atoms with E-state index in [1.54, 1.807) is 89.3 Å². The van der Waals surface area contributed by atoms with E-state index in [-0.39, 0.29) is 107 Å². The number of anilines is 1. The van der Waals surface area contributed by atoms with Crippen LogP contribution in [0.5, 0.6) is 0 Å². The van der Waals surface area contributed by atoms with Crippen molar-refractivity contribution in [3.05, 3.63) is 77.9 Å². The van der Waals surface area contributed by atoms with Crippen LogP contribution in [0, 0.1) is 17.8 Å². The maximum absolute atomic E-state index is 13.8. The van der Waals surface area contributed by atoms with E-state index in [2.05, 4.69) is 16.0 Å². The number of esters is 1. The molecule has 4 aliphatic heterocycles. The summed E-state index contributed by atoms with van der Waals surface area (Å²) in [6.07, 6.45) is 9.10. The molecule has 0 aromatic heterocycles. The molecule has 1 aromatic carbocycles. The predicted molar refractivity (Wildman–Crippen MR) is 303 cm³/mol. The second kappa shape index (κ2) is 30.7. The third-order valence-corrected chi connectivity index (χ3v) is 15.6. The lowest BCUT2D eigenvalue weighted by Crippen LogP contribution is -2.53. The van der Waals surface area contributed by atoms with Gasteiger partial charge in [-0.25, -0.2) is 9.59 Å². The number of hydrogen-bond donors (Lipinski definition) is 6. The number of rotatable bonds is 24. The van der Waals surface area contributed by atoms with Crippen LogP contribution < -0.4 is 16.0 Å². The van der Waals surface area contributed by atoms with Gasteiger partial charge < -0.3 is 64.8 Å². The van der Waals surface area contributed by atoms with Crippen molar-refractivity contribution in [1.82, 2.24) is 25.3 Å². The van der Waals surface area contributed by atoms with Crippen LogP contribution in [0.4, 0.5) is 15.3 Å². The van der Waals surface area contributed by atoms with Crippen LogP contribution in [0.1, 0.15) is 126 Å². The molecule has 454 valence electrons. The lowest BCUT2D eigenvalue weighted by molar-refractivity contribution is -0.151. The highest BCUT2D eigenvalue weighted by atomic mass is 16.6. The van der Waals surface area contributed by atoms with Crippen molar-refractivity contribution in [2.75, 3.05) is 45.2 Å². The van der Waals surface area contributed by atoms with Crippen molar-refractivity contribution < 1.29 is 77.4 Å². The number of ether oxygens (including phenoxy) is 5. The van der Waals surface area contributed by atoms with Crippen LogP contribution in [0.15, 0.2) is 72.4 Å². The van der Waals surface area contributed by atoms with E-state index in [1.807, 2.05) is 20.8 Å². The molecule has 2 saturated heterocycles. The van der Waals surface area contributed by atoms with Crippen LogP contribution >= 0.6 is 0 Å². The number of aliphatic hydroxyl groups is 3. The number of hydrogen-bond acceptors (Lipinski definition) is 16. The van der Waals surface area contributed by atoms with Crippen LogP contribution in [-0.2, 0) is 59.1 Å². The average Bonchev–Trinajstić information content (AvgIpc) is 4.34. The van der Waals surface area contributed by atoms with Crippen molar-refractivity contribution in [2.24, 2.45) is 17.8 Å². The SMILES string of the molecule is CC[C@H](O)[C@@H](C)[C@H]1O[C@@H]1C[C@@](C)(O)/C=C/C=C(\C)[C@H]1OC(=O)C[C@H](O)CC[C@@](C)(OC)[C@@H](OC(=O)N2CCN(C(=O)OCc3ccc(NC(=O)[C@H](C)NC(=O)[C@@H](NC(=O)CCCCCN4C(=O)C=CC4=O)C(C)C)cc3)CC2)/C=C\[C@@H]1C. The zero-order valence-corrected chi connectivity index (χ0v) is 49.3. The first-order valence-electron chi connectivity index (χ1n) is 28.7. The molecule has 0 aliphatic carbocycles. The molecule has 5 rings (SSSR count). The largest absolute Gasteiger partial charge is 0.457 e. The molecular weight excluding hydrogens is 1060 g/mol. The monoisotopic (exact) mass is 1150 g/mol. The first-order valence-corrected chi connectivity index (χ1v) is 28.7. The maximum Gasteiger partial charge on any atom is 0.410 e. The van der Waals surface area contributed by atoms with Crippen LogP contribution in [-0.4, -0.2) is 177 Å². The lowest BCUT2D eigenvalue weighted by atomic mass is 9.88. The number of cyclic esters (lactones) is 1. The fourth-order valence-electron chi connectivity index (χ4n) is 9.97. The second-order valence-corrected chi connectivity index (χ2v) is 22.9. The summed E-state index contributed by atoms with van der Waals surface area (Å²) in [5.41, 5.74) is -0.598. The van der Waals surface area contributed by atoms with Gasteiger partial charge in [0.1, 0.15) is 30.4 Å². The molecular formula is C60H88N6O16. The molecule has 12 atom stereocenters. The van der Waals surface area contributed by atoms with E-state index >= 15 is 0 Å². The van der Waals surface area contributed by atoms with Gasteiger partial charge >= 0.3 is 18.2 Å². The summed E-state index contributed by atoms with van der Waals surface area (Å²) in [4.78, 5) is 107. The lowest BCUT2D eigenvalue weighted by Gasteiger charge is -2.38. The summed E-state index contributed by atoms with van der Waals surface area (Å²) in [5, 5.41) is 40.5. The number of carbonyl (C=O) groups excluding carboxylic acids is 8. The third-order valence-electron chi connectivity index (χ3n) is 15.6. The highest BCUT2D eigenvalue weighted by molar-refractivity contribution is 6.12. The summed E-state index contributed by atoms with van der Waals surface area (Å²) in [7, 11) is 1.49. The third kappa shape index (κ3) is 19.9. The molecule has 6 N–H and O–H groups in total. The quantitative estimate of drug-likeness (QED) is 0.0144. The highest BCUT2D eigenvalue weighted by Gasteiger charge is 2.47. The van der Waals surface area contributed by atoms with Crippen molar-refractivity contribution in [3.8, 4) is 0 Å². The molecule has 22 heteroatoms. The minimum atomic E-state index is -1.22. The predicted octanol–water partition coefficient (Wildman–Crippen LogP) is 5.39. The molecule has 7 amide bonds. The van der Waals surface area contributed by atoms with E-state index in [0.717, 1.165) is 4.90 Å². The number of unbranched alkanes of at least 4 members (excludes halogenated alkanes) is 2. The van der Waals surface area contributed by atoms with Crippen molar-refractivity contribution in [3.63, 3.8) is 0 Å². The zero-order valence-electron chi connectivity index (χ0n) is 49.3. The van der Waals surface area contributed by atoms with Gasteiger partial charge in [-0.15, -0.1) is 0 Å². The average molecular weight is 1150 g/mol. The van der Waals surface area contributed by atoms with E-state index in [4.69, 9.17) is 23.7 Å². The van der Waals surface area contributed by atoms with Crippen LogP contribution in [0.25, 0.3) is 0 Å². The molecule has 0 radical (unpaired) electrons. The number of piperazine rings is 1. The van der Waals surface area contributed by atoms with Gasteiger partial charge in [-0.2, -0.15) is 0 Å². The van der Waals surface area contributed by atoms with E-state index in [0.29, 0.717) is 48.9 Å². The van der Waals surface area contributed by atoms with Gasteiger partial charge in [0.2, 0.25) is 17.7 Å². The van der Waals surface area contributed by atoms with Crippen LogP contribution in [0.3, 0.4) is 0 Å². The van der Waals surface area contributed by atoms with Gasteiger partial charge in [0.15, 0.2) is 6.10 Å². The number of methoxy groups -OCH3 is 1. The molecule has 4 aliphatic rings. The van der Waals surface area contributed by atoms with E-state index in [9.17, 15) is 53.7 Å². The Kier molecular flexibility index (Phi) is 24.9. The molecule has 0 unspecified atom stereocenters. The van der Waals surface area contributed by atoms with Gasteiger partial charge in [0.05, 0.1) is 36.4 Å². The molecule has 82 heavy (non-hydrogen) atoms. The number of nitrogens with zero attached hydrogens (tertiary/aromatic N) is 3. The van der Waals surface area contributed by atoms with Gasteiger partial charge in [-0.1, -0.05) is 77.5 Å². The number of allylic oxidation sites excluding steroid dienone is 2. The molecule has 1 aromatic rings. The summed E-state index contributed by atoms with van der Waals surface area (Å²) < 4.78 is 29.4. The molecule has 0 spiro atoms. The van der Waals surface area contributed by atoms with Crippen LogP contribution in [0.2, 0.25) is 0 Å². The maximum atomic E-state index is 13.8. The second-order valence-electron chi connectivity index (χ2n) is 22.9. The smallest absolute Gasteiger partial charge is 0.410 e. The van der Waals surface area contributed by atoms with Crippen molar-refractivity contribution in [2.45, 2.75) is 187 Å². The molecule has 4 heterocycles. The zero-order chi connectivity index (χ0) is 60.5. The number of nitrogens with one attached hydrogen (secondary N) is 3. The minimum Gasteiger partial charge on any atom is -0.457 e. The number of carbonyl (C=O) groups is 8. The summed E-state index contributed by atoms with van der Waals surface area (Å²) in [6, 6.07) is 4.77.